The summed E-state index contributed by atoms with van der Waals surface area (Å²) < 4.78 is 30.5. The second-order valence-corrected chi connectivity index (χ2v) is 7.25. The number of benzene rings is 2. The molecule has 0 aromatic heterocycles. The van der Waals surface area contributed by atoms with Gasteiger partial charge in [-0.3, -0.25) is 4.99 Å². The number of guanidine groups is 1. The third kappa shape index (κ3) is 5.21. The Hall–Kier alpha value is -2.80. The van der Waals surface area contributed by atoms with Gasteiger partial charge in [0.25, 0.3) is 0 Å². The van der Waals surface area contributed by atoms with E-state index in [2.05, 4.69) is 15.6 Å². The van der Waals surface area contributed by atoms with Crippen molar-refractivity contribution in [2.45, 2.75) is 25.2 Å². The van der Waals surface area contributed by atoms with Gasteiger partial charge < -0.3 is 24.8 Å². The van der Waals surface area contributed by atoms with E-state index >= 15 is 0 Å². The molecule has 2 aromatic rings. The number of rotatable bonds is 7. The van der Waals surface area contributed by atoms with Gasteiger partial charge in [-0.2, -0.15) is 0 Å². The van der Waals surface area contributed by atoms with Crippen LogP contribution in [0, 0.1) is 5.82 Å². The van der Waals surface area contributed by atoms with Gasteiger partial charge in [0, 0.05) is 44.0 Å². The van der Waals surface area contributed by atoms with Crippen LogP contribution in [0.2, 0.25) is 0 Å². The highest BCUT2D eigenvalue weighted by Crippen LogP contribution is 2.35. The molecule has 1 saturated heterocycles. The minimum absolute atomic E-state index is 0.214. The van der Waals surface area contributed by atoms with E-state index in [1.54, 1.807) is 26.3 Å². The molecule has 0 spiro atoms. The fourth-order valence-corrected chi connectivity index (χ4v) is 3.74. The van der Waals surface area contributed by atoms with Gasteiger partial charge in [-0.05, 0) is 49.6 Å². The fraction of sp³-hybridized carbons (Fsp3) is 0.435. The van der Waals surface area contributed by atoms with Gasteiger partial charge >= 0.3 is 0 Å². The van der Waals surface area contributed by atoms with Crippen LogP contribution < -0.4 is 20.1 Å². The molecule has 0 unspecified atom stereocenters. The van der Waals surface area contributed by atoms with E-state index in [9.17, 15) is 4.39 Å². The summed E-state index contributed by atoms with van der Waals surface area (Å²) in [6.07, 6.45) is 1.63. The van der Waals surface area contributed by atoms with Gasteiger partial charge in [0.1, 0.15) is 5.82 Å². The summed E-state index contributed by atoms with van der Waals surface area (Å²) in [5.41, 5.74) is 1.60. The summed E-state index contributed by atoms with van der Waals surface area (Å²) in [7, 11) is 3.34. The molecule has 2 N–H and O–H groups in total. The zero-order valence-electron chi connectivity index (χ0n) is 17.8. The lowest BCUT2D eigenvalue weighted by Crippen LogP contribution is -2.46. The molecule has 0 saturated carbocycles. The molecule has 1 aliphatic rings. The summed E-state index contributed by atoms with van der Waals surface area (Å²) in [6.45, 7) is 4.40. The van der Waals surface area contributed by atoms with Crippen LogP contribution in [0.15, 0.2) is 47.5 Å². The topological polar surface area (TPSA) is 64.1 Å². The molecule has 0 amide bonds. The third-order valence-corrected chi connectivity index (χ3v) is 5.43. The summed E-state index contributed by atoms with van der Waals surface area (Å²) in [5, 5.41) is 6.71. The van der Waals surface area contributed by atoms with E-state index in [-0.39, 0.29) is 11.2 Å². The molecule has 0 bridgehead atoms. The van der Waals surface area contributed by atoms with Crippen LogP contribution in [-0.4, -0.2) is 46.5 Å². The van der Waals surface area contributed by atoms with Crippen molar-refractivity contribution in [1.29, 1.82) is 0 Å². The third-order valence-electron chi connectivity index (χ3n) is 5.43. The maximum absolute atomic E-state index is 13.9. The normalized spacial score (nSPS) is 16.1. The number of nitrogens with one attached hydrogen (secondary N) is 2. The smallest absolute Gasteiger partial charge is 0.195 e. The van der Waals surface area contributed by atoms with E-state index in [4.69, 9.17) is 14.2 Å². The first kappa shape index (κ1) is 21.9. The number of hydrogen-bond acceptors (Lipinski definition) is 4. The first-order valence-electron chi connectivity index (χ1n) is 10.2. The largest absolute Gasteiger partial charge is 0.493 e. The van der Waals surface area contributed by atoms with Crippen molar-refractivity contribution in [3.05, 3.63) is 53.8 Å². The number of aliphatic imine (C=N–C) groups is 1. The maximum atomic E-state index is 13.9. The Morgan fingerprint density at radius 3 is 2.63 bits per heavy atom. The second kappa shape index (κ2) is 10.3. The van der Waals surface area contributed by atoms with Crippen LogP contribution in [0.25, 0.3) is 0 Å². The minimum atomic E-state index is -0.220. The Morgan fingerprint density at radius 1 is 1.17 bits per heavy atom. The molecular formula is C23H30FN3O3. The van der Waals surface area contributed by atoms with Gasteiger partial charge in [-0.1, -0.05) is 12.1 Å². The van der Waals surface area contributed by atoms with Crippen LogP contribution in [0.4, 0.5) is 10.1 Å². The summed E-state index contributed by atoms with van der Waals surface area (Å²) in [6, 6.07) is 12.5. The van der Waals surface area contributed by atoms with Crippen molar-refractivity contribution in [1.82, 2.24) is 5.32 Å². The fourth-order valence-electron chi connectivity index (χ4n) is 3.74. The predicted molar refractivity (Wildman–Crippen MR) is 117 cm³/mol. The zero-order chi connectivity index (χ0) is 21.4. The van der Waals surface area contributed by atoms with Crippen LogP contribution in [-0.2, 0) is 10.2 Å². The van der Waals surface area contributed by atoms with E-state index < -0.39 is 0 Å². The first-order chi connectivity index (χ1) is 14.6. The summed E-state index contributed by atoms with van der Waals surface area (Å²) in [5.74, 6) is 1.76. The monoisotopic (exact) mass is 415 g/mol. The van der Waals surface area contributed by atoms with Gasteiger partial charge in [0.2, 0.25) is 0 Å². The van der Waals surface area contributed by atoms with E-state index in [1.165, 1.54) is 6.07 Å². The van der Waals surface area contributed by atoms with Crippen LogP contribution >= 0.6 is 0 Å². The molecular weight excluding hydrogens is 385 g/mol. The molecule has 1 heterocycles. The maximum Gasteiger partial charge on any atom is 0.195 e. The SMILES string of the molecule is CCOc1cc(NC(=NC)NCC2(c3cccc(F)c3)CCOCC2)ccc1OC. The van der Waals surface area contributed by atoms with Crippen LogP contribution in [0.3, 0.4) is 0 Å². The Bertz CT molecular complexity index is 867. The Balaban J connectivity index is 1.74. The lowest BCUT2D eigenvalue weighted by Gasteiger charge is -2.38. The molecule has 30 heavy (non-hydrogen) atoms. The number of hydrogen-bond donors (Lipinski definition) is 2. The Morgan fingerprint density at radius 2 is 1.97 bits per heavy atom. The molecule has 7 heteroatoms. The lowest BCUT2D eigenvalue weighted by atomic mass is 9.74. The first-order valence-corrected chi connectivity index (χ1v) is 10.2. The number of nitrogens with zero attached hydrogens (tertiary/aromatic N) is 1. The molecule has 3 rings (SSSR count). The molecule has 0 atom stereocenters. The molecule has 1 aliphatic heterocycles. The van der Waals surface area contributed by atoms with Crippen molar-refractivity contribution in [2.75, 3.05) is 45.8 Å². The molecule has 1 fully saturated rings. The Labute approximate surface area is 177 Å². The van der Waals surface area contributed by atoms with Gasteiger partial charge in [-0.15, -0.1) is 0 Å². The van der Waals surface area contributed by atoms with Gasteiger partial charge in [0.05, 0.1) is 13.7 Å². The highest BCUT2D eigenvalue weighted by molar-refractivity contribution is 5.93. The number of methoxy groups -OCH3 is 1. The quantitative estimate of drug-likeness (QED) is 0.529. The molecule has 2 aromatic carbocycles. The zero-order valence-corrected chi connectivity index (χ0v) is 17.8. The molecule has 0 aliphatic carbocycles. The Kier molecular flexibility index (Phi) is 7.52. The van der Waals surface area contributed by atoms with Crippen molar-refractivity contribution in [3.63, 3.8) is 0 Å². The molecule has 6 nitrogen and oxygen atoms in total. The van der Waals surface area contributed by atoms with Crippen LogP contribution in [0.5, 0.6) is 11.5 Å². The number of ether oxygens (including phenoxy) is 3. The summed E-state index contributed by atoms with van der Waals surface area (Å²) >= 11 is 0. The summed E-state index contributed by atoms with van der Waals surface area (Å²) in [4.78, 5) is 4.35. The number of anilines is 1. The lowest BCUT2D eigenvalue weighted by molar-refractivity contribution is 0.0513. The van der Waals surface area contributed by atoms with Crippen LogP contribution in [0.1, 0.15) is 25.3 Å². The van der Waals surface area contributed by atoms with E-state index in [1.807, 2.05) is 31.2 Å². The van der Waals surface area contributed by atoms with Crippen molar-refractivity contribution < 1.29 is 18.6 Å². The second-order valence-electron chi connectivity index (χ2n) is 7.25. The van der Waals surface area contributed by atoms with E-state index in [0.29, 0.717) is 43.8 Å². The van der Waals surface area contributed by atoms with Gasteiger partial charge in [0.15, 0.2) is 17.5 Å². The molecule has 0 radical (unpaired) electrons. The van der Waals surface area contributed by atoms with E-state index in [0.717, 1.165) is 24.1 Å². The number of halogens is 1. The predicted octanol–water partition coefficient (Wildman–Crippen LogP) is 3.97. The highest BCUT2D eigenvalue weighted by atomic mass is 19.1. The highest BCUT2D eigenvalue weighted by Gasteiger charge is 2.35. The standard InChI is InChI=1S/C23H30FN3O3/c1-4-30-21-15-19(8-9-20(21)28-3)27-22(25-2)26-16-23(10-12-29-13-11-23)17-6-5-7-18(24)14-17/h5-9,14-15H,4,10-13,16H2,1-3H3,(H2,25,26,27). The van der Waals surface area contributed by atoms with Crippen molar-refractivity contribution in [3.8, 4) is 11.5 Å². The van der Waals surface area contributed by atoms with Gasteiger partial charge in [-0.25, -0.2) is 4.39 Å². The van der Waals surface area contributed by atoms with Crippen molar-refractivity contribution >= 4 is 11.6 Å². The van der Waals surface area contributed by atoms with Crippen molar-refractivity contribution in [2.24, 2.45) is 4.99 Å². The minimum Gasteiger partial charge on any atom is -0.493 e. The average Bonchev–Trinajstić information content (AvgIpc) is 2.77. The molecule has 162 valence electrons. The average molecular weight is 416 g/mol.